The first-order valence-electron chi connectivity index (χ1n) is 8.55. The summed E-state index contributed by atoms with van der Waals surface area (Å²) in [6.45, 7) is -0.0187. The Kier molecular flexibility index (Phi) is 6.01. The summed E-state index contributed by atoms with van der Waals surface area (Å²) in [5.74, 6) is 0.358. The molecule has 1 amide bonds. The minimum atomic E-state index is -0.0812. The molecule has 0 radical (unpaired) electrons. The second-order valence-electron chi connectivity index (χ2n) is 6.24. The molecular formula is C18H22BrN3O2. The third-order valence-electron chi connectivity index (χ3n) is 4.37. The van der Waals surface area contributed by atoms with Crippen molar-refractivity contribution in [3.8, 4) is 5.88 Å². The summed E-state index contributed by atoms with van der Waals surface area (Å²) in [6, 6.07) is 5.98. The number of fused-ring (bicyclic) bond motifs is 1. The number of rotatable bonds is 4. The van der Waals surface area contributed by atoms with Gasteiger partial charge in [-0.15, -0.1) is 0 Å². The van der Waals surface area contributed by atoms with Gasteiger partial charge in [-0.25, -0.2) is 9.97 Å². The standard InChI is InChI=1S/C18H22BrN3O2/c19-13-8-9-16-15(10-13)18(21-12-20-16)24-11-17(23)22-14-6-4-2-1-3-5-7-14/h8-10,12,14H,1-7,11H2,(H,22,23). The minimum Gasteiger partial charge on any atom is -0.467 e. The SMILES string of the molecule is O=C(COc1ncnc2ccc(Br)cc12)NC1CCCCCCC1. The third kappa shape index (κ3) is 4.66. The van der Waals surface area contributed by atoms with Gasteiger partial charge < -0.3 is 10.1 Å². The normalized spacial score (nSPS) is 16.4. The maximum Gasteiger partial charge on any atom is 0.258 e. The van der Waals surface area contributed by atoms with E-state index in [0.29, 0.717) is 5.88 Å². The van der Waals surface area contributed by atoms with Gasteiger partial charge in [0.25, 0.3) is 5.91 Å². The summed E-state index contributed by atoms with van der Waals surface area (Å²) < 4.78 is 6.57. The van der Waals surface area contributed by atoms with E-state index in [-0.39, 0.29) is 18.6 Å². The lowest BCUT2D eigenvalue weighted by molar-refractivity contribution is -0.124. The Bertz CT molecular complexity index is 700. The molecule has 0 saturated heterocycles. The number of carbonyl (C=O) groups is 1. The number of aromatic nitrogens is 2. The molecule has 1 aromatic heterocycles. The van der Waals surface area contributed by atoms with E-state index < -0.39 is 0 Å². The van der Waals surface area contributed by atoms with Gasteiger partial charge in [0.15, 0.2) is 6.61 Å². The fourth-order valence-electron chi connectivity index (χ4n) is 3.12. The van der Waals surface area contributed by atoms with Gasteiger partial charge in [0, 0.05) is 10.5 Å². The first kappa shape index (κ1) is 17.1. The van der Waals surface area contributed by atoms with Crippen LogP contribution in [0.3, 0.4) is 0 Å². The van der Waals surface area contributed by atoms with Crippen LogP contribution in [0.1, 0.15) is 44.9 Å². The van der Waals surface area contributed by atoms with E-state index in [1.54, 1.807) is 0 Å². The van der Waals surface area contributed by atoms with Gasteiger partial charge in [-0.2, -0.15) is 0 Å². The van der Waals surface area contributed by atoms with Crippen LogP contribution in [-0.2, 0) is 4.79 Å². The highest BCUT2D eigenvalue weighted by molar-refractivity contribution is 9.10. The highest BCUT2D eigenvalue weighted by Gasteiger charge is 2.15. The Morgan fingerprint density at radius 2 is 1.92 bits per heavy atom. The van der Waals surface area contributed by atoms with Gasteiger partial charge in [-0.3, -0.25) is 4.79 Å². The predicted molar refractivity (Wildman–Crippen MR) is 97.0 cm³/mol. The Labute approximate surface area is 150 Å². The van der Waals surface area contributed by atoms with Crippen LogP contribution in [0.15, 0.2) is 29.0 Å². The maximum absolute atomic E-state index is 12.2. The Morgan fingerprint density at radius 3 is 2.71 bits per heavy atom. The zero-order chi connectivity index (χ0) is 16.8. The van der Waals surface area contributed by atoms with Crippen LogP contribution in [0, 0.1) is 0 Å². The molecular weight excluding hydrogens is 370 g/mol. The van der Waals surface area contributed by atoms with E-state index in [9.17, 15) is 4.79 Å². The molecule has 6 heteroatoms. The van der Waals surface area contributed by atoms with Crippen LogP contribution in [0.25, 0.3) is 10.9 Å². The van der Waals surface area contributed by atoms with Gasteiger partial charge >= 0.3 is 0 Å². The minimum absolute atomic E-state index is 0.0187. The van der Waals surface area contributed by atoms with Gasteiger partial charge in [0.05, 0.1) is 10.9 Å². The Balaban J connectivity index is 1.59. The molecule has 1 aliphatic rings. The molecule has 24 heavy (non-hydrogen) atoms. The monoisotopic (exact) mass is 391 g/mol. The topological polar surface area (TPSA) is 64.1 Å². The molecule has 1 heterocycles. The zero-order valence-electron chi connectivity index (χ0n) is 13.6. The third-order valence-corrected chi connectivity index (χ3v) is 4.86. The van der Waals surface area contributed by atoms with Crippen molar-refractivity contribution in [1.29, 1.82) is 0 Å². The predicted octanol–water partition coefficient (Wildman–Crippen LogP) is 4.00. The summed E-state index contributed by atoms with van der Waals surface area (Å²) in [5.41, 5.74) is 0.795. The second kappa shape index (κ2) is 8.42. The second-order valence-corrected chi connectivity index (χ2v) is 7.15. The summed E-state index contributed by atoms with van der Waals surface area (Å²) >= 11 is 3.44. The molecule has 0 bridgehead atoms. The molecule has 1 saturated carbocycles. The van der Waals surface area contributed by atoms with Crippen molar-refractivity contribution < 1.29 is 9.53 Å². The highest BCUT2D eigenvalue weighted by atomic mass is 79.9. The van der Waals surface area contributed by atoms with Gasteiger partial charge in [-0.1, -0.05) is 48.0 Å². The maximum atomic E-state index is 12.2. The largest absolute Gasteiger partial charge is 0.467 e. The molecule has 3 rings (SSSR count). The van der Waals surface area contributed by atoms with Crippen molar-refractivity contribution in [2.45, 2.75) is 51.0 Å². The number of benzene rings is 1. The summed E-state index contributed by atoms with van der Waals surface area (Å²) in [5, 5.41) is 3.90. The lowest BCUT2D eigenvalue weighted by atomic mass is 9.97. The average Bonchev–Trinajstić information content (AvgIpc) is 2.55. The first-order chi connectivity index (χ1) is 11.7. The van der Waals surface area contributed by atoms with Crippen LogP contribution in [-0.4, -0.2) is 28.5 Å². The highest BCUT2D eigenvalue weighted by Crippen LogP contribution is 2.24. The van der Waals surface area contributed by atoms with Gasteiger partial charge in [0.1, 0.15) is 6.33 Å². The van der Waals surface area contributed by atoms with Crippen molar-refractivity contribution in [2.24, 2.45) is 0 Å². The van der Waals surface area contributed by atoms with Crippen LogP contribution in [0.5, 0.6) is 5.88 Å². The smallest absolute Gasteiger partial charge is 0.258 e. The number of carbonyl (C=O) groups excluding carboxylic acids is 1. The molecule has 2 aromatic rings. The molecule has 0 spiro atoms. The number of amides is 1. The van der Waals surface area contributed by atoms with E-state index in [1.807, 2.05) is 18.2 Å². The van der Waals surface area contributed by atoms with E-state index in [1.165, 1.54) is 38.4 Å². The van der Waals surface area contributed by atoms with Crippen LogP contribution in [0.2, 0.25) is 0 Å². The van der Waals surface area contributed by atoms with E-state index >= 15 is 0 Å². The quantitative estimate of drug-likeness (QED) is 0.854. The lowest BCUT2D eigenvalue weighted by Gasteiger charge is -2.21. The van der Waals surface area contributed by atoms with Crippen LogP contribution < -0.4 is 10.1 Å². The number of ether oxygens (including phenoxy) is 1. The molecule has 0 atom stereocenters. The van der Waals surface area contributed by atoms with Crippen molar-refractivity contribution in [1.82, 2.24) is 15.3 Å². The number of nitrogens with zero attached hydrogens (tertiary/aromatic N) is 2. The summed E-state index contributed by atoms with van der Waals surface area (Å²) in [4.78, 5) is 20.6. The van der Waals surface area contributed by atoms with E-state index in [2.05, 4.69) is 31.2 Å². The van der Waals surface area contributed by atoms with Crippen molar-refractivity contribution >= 4 is 32.7 Å². The first-order valence-corrected chi connectivity index (χ1v) is 9.34. The van der Waals surface area contributed by atoms with Crippen molar-refractivity contribution in [2.75, 3.05) is 6.61 Å². The molecule has 128 valence electrons. The summed E-state index contributed by atoms with van der Waals surface area (Å²) in [6.07, 6.45) is 9.82. The fourth-order valence-corrected chi connectivity index (χ4v) is 3.49. The van der Waals surface area contributed by atoms with Gasteiger partial charge in [0.2, 0.25) is 5.88 Å². The lowest BCUT2D eigenvalue weighted by Crippen LogP contribution is -2.38. The molecule has 5 nitrogen and oxygen atoms in total. The van der Waals surface area contributed by atoms with E-state index in [4.69, 9.17) is 4.74 Å². The molecule has 1 aromatic carbocycles. The Morgan fingerprint density at radius 1 is 1.17 bits per heavy atom. The van der Waals surface area contributed by atoms with Crippen LogP contribution >= 0.6 is 15.9 Å². The molecule has 0 unspecified atom stereocenters. The average molecular weight is 392 g/mol. The van der Waals surface area contributed by atoms with Crippen molar-refractivity contribution in [3.63, 3.8) is 0 Å². The molecule has 0 aliphatic heterocycles. The van der Waals surface area contributed by atoms with Crippen LogP contribution in [0.4, 0.5) is 0 Å². The number of hydrogen-bond donors (Lipinski definition) is 1. The molecule has 1 aliphatic carbocycles. The zero-order valence-corrected chi connectivity index (χ0v) is 15.2. The van der Waals surface area contributed by atoms with Crippen molar-refractivity contribution in [3.05, 3.63) is 29.0 Å². The van der Waals surface area contributed by atoms with Gasteiger partial charge in [-0.05, 0) is 31.0 Å². The molecule has 1 N–H and O–H groups in total. The van der Waals surface area contributed by atoms with E-state index in [0.717, 1.165) is 28.2 Å². The number of hydrogen-bond acceptors (Lipinski definition) is 4. The number of nitrogens with one attached hydrogen (secondary N) is 1. The number of halogens is 1. The summed E-state index contributed by atoms with van der Waals surface area (Å²) in [7, 11) is 0. The molecule has 1 fully saturated rings. The Hall–Kier alpha value is -1.69. The fraction of sp³-hybridized carbons (Fsp3) is 0.500.